The third kappa shape index (κ3) is 3.04. The summed E-state index contributed by atoms with van der Waals surface area (Å²) >= 11 is 0. The molecule has 0 amide bonds. The molecule has 0 saturated carbocycles. The van der Waals surface area contributed by atoms with Gasteiger partial charge in [0.2, 0.25) is 0 Å². The standard InChI is InChI=1S/C12H25N5/c1-5-12(6-2,10-13)17(7-3)9-11-8-16(4)15-14-11/h8H,5-7,9-10,13H2,1-4H3. The topological polar surface area (TPSA) is 60.0 Å². The second-order valence-corrected chi connectivity index (χ2v) is 4.53. The fourth-order valence-electron chi connectivity index (χ4n) is 2.39. The van der Waals surface area contributed by atoms with Gasteiger partial charge in [-0.25, -0.2) is 0 Å². The molecule has 0 radical (unpaired) electrons. The van der Waals surface area contributed by atoms with Crippen LogP contribution in [0.25, 0.3) is 0 Å². The van der Waals surface area contributed by atoms with Crippen molar-refractivity contribution in [2.45, 2.75) is 45.7 Å². The van der Waals surface area contributed by atoms with Gasteiger partial charge in [0.25, 0.3) is 0 Å². The summed E-state index contributed by atoms with van der Waals surface area (Å²) in [5.74, 6) is 0. The molecule has 0 aliphatic heterocycles. The van der Waals surface area contributed by atoms with Crippen LogP contribution in [0.5, 0.6) is 0 Å². The van der Waals surface area contributed by atoms with Gasteiger partial charge in [0.1, 0.15) is 0 Å². The van der Waals surface area contributed by atoms with Gasteiger partial charge in [-0.05, 0) is 19.4 Å². The van der Waals surface area contributed by atoms with Crippen LogP contribution in [0, 0.1) is 0 Å². The molecule has 1 rings (SSSR count). The van der Waals surface area contributed by atoms with E-state index in [4.69, 9.17) is 5.73 Å². The quantitative estimate of drug-likeness (QED) is 0.775. The van der Waals surface area contributed by atoms with E-state index in [0.717, 1.165) is 31.6 Å². The minimum absolute atomic E-state index is 0.0896. The first-order valence-electron chi connectivity index (χ1n) is 6.42. The van der Waals surface area contributed by atoms with Crippen molar-refractivity contribution in [2.75, 3.05) is 13.1 Å². The van der Waals surface area contributed by atoms with Crippen molar-refractivity contribution >= 4 is 0 Å². The summed E-state index contributed by atoms with van der Waals surface area (Å²) in [5, 5.41) is 8.12. The zero-order valence-corrected chi connectivity index (χ0v) is 11.5. The molecule has 17 heavy (non-hydrogen) atoms. The van der Waals surface area contributed by atoms with E-state index in [0.29, 0.717) is 6.54 Å². The van der Waals surface area contributed by atoms with Gasteiger partial charge in [-0.1, -0.05) is 26.0 Å². The van der Waals surface area contributed by atoms with Gasteiger partial charge in [-0.3, -0.25) is 9.58 Å². The largest absolute Gasteiger partial charge is 0.329 e. The highest BCUT2D eigenvalue weighted by Gasteiger charge is 2.31. The number of nitrogens with two attached hydrogens (primary N) is 1. The Morgan fingerprint density at radius 1 is 1.35 bits per heavy atom. The molecule has 0 saturated heterocycles. The van der Waals surface area contributed by atoms with Crippen molar-refractivity contribution in [1.29, 1.82) is 0 Å². The van der Waals surface area contributed by atoms with Crippen LogP contribution in [0.15, 0.2) is 6.20 Å². The summed E-state index contributed by atoms with van der Waals surface area (Å²) in [7, 11) is 1.89. The average molecular weight is 239 g/mol. The highest BCUT2D eigenvalue weighted by molar-refractivity contribution is 4.97. The Morgan fingerprint density at radius 2 is 2.00 bits per heavy atom. The van der Waals surface area contributed by atoms with Gasteiger partial charge < -0.3 is 5.73 Å². The number of hydrogen-bond acceptors (Lipinski definition) is 4. The molecular weight excluding hydrogens is 214 g/mol. The Morgan fingerprint density at radius 3 is 2.35 bits per heavy atom. The van der Waals surface area contributed by atoms with Gasteiger partial charge >= 0.3 is 0 Å². The molecule has 0 spiro atoms. The predicted molar refractivity (Wildman–Crippen MR) is 69.5 cm³/mol. The van der Waals surface area contributed by atoms with Crippen molar-refractivity contribution in [1.82, 2.24) is 19.9 Å². The highest BCUT2D eigenvalue weighted by atomic mass is 15.4. The van der Waals surface area contributed by atoms with Crippen LogP contribution in [0.4, 0.5) is 0 Å². The maximum absolute atomic E-state index is 5.98. The van der Waals surface area contributed by atoms with Crippen molar-refractivity contribution < 1.29 is 0 Å². The highest BCUT2D eigenvalue weighted by Crippen LogP contribution is 2.24. The molecule has 5 nitrogen and oxygen atoms in total. The van der Waals surface area contributed by atoms with E-state index >= 15 is 0 Å². The number of hydrogen-bond donors (Lipinski definition) is 1. The lowest BCUT2D eigenvalue weighted by Crippen LogP contribution is -2.52. The molecule has 0 fully saturated rings. The number of rotatable bonds is 7. The monoisotopic (exact) mass is 239 g/mol. The average Bonchev–Trinajstić information content (AvgIpc) is 2.76. The molecule has 1 aromatic rings. The first-order valence-corrected chi connectivity index (χ1v) is 6.42. The van der Waals surface area contributed by atoms with Gasteiger partial charge in [-0.15, -0.1) is 5.10 Å². The lowest BCUT2D eigenvalue weighted by Gasteiger charge is -2.41. The lowest BCUT2D eigenvalue weighted by atomic mass is 9.90. The summed E-state index contributed by atoms with van der Waals surface area (Å²) in [4.78, 5) is 2.41. The van der Waals surface area contributed by atoms with Crippen molar-refractivity contribution in [2.24, 2.45) is 12.8 Å². The van der Waals surface area contributed by atoms with E-state index < -0.39 is 0 Å². The zero-order chi connectivity index (χ0) is 12.9. The van der Waals surface area contributed by atoms with E-state index in [1.165, 1.54) is 0 Å². The maximum atomic E-state index is 5.98. The Bertz CT molecular complexity index is 321. The van der Waals surface area contributed by atoms with Crippen molar-refractivity contribution in [3.05, 3.63) is 11.9 Å². The van der Waals surface area contributed by atoms with Gasteiger partial charge in [-0.2, -0.15) is 0 Å². The maximum Gasteiger partial charge on any atom is 0.0967 e. The number of nitrogens with zero attached hydrogens (tertiary/aromatic N) is 4. The van der Waals surface area contributed by atoms with Crippen LogP contribution >= 0.6 is 0 Å². The third-order valence-electron chi connectivity index (χ3n) is 3.75. The lowest BCUT2D eigenvalue weighted by molar-refractivity contribution is 0.0814. The van der Waals surface area contributed by atoms with E-state index in [9.17, 15) is 0 Å². The number of aryl methyl sites for hydroxylation is 1. The smallest absolute Gasteiger partial charge is 0.0967 e. The zero-order valence-electron chi connectivity index (χ0n) is 11.5. The van der Waals surface area contributed by atoms with E-state index in [1.54, 1.807) is 4.68 Å². The molecule has 0 bridgehead atoms. The Labute approximate surface area is 104 Å². The molecule has 1 aromatic heterocycles. The number of likely N-dealkylation sites (N-methyl/N-ethyl adjacent to an activating group) is 1. The van der Waals surface area contributed by atoms with Crippen LogP contribution in [-0.4, -0.2) is 38.5 Å². The minimum Gasteiger partial charge on any atom is -0.329 e. The molecule has 0 aliphatic carbocycles. The summed E-state index contributed by atoms with van der Waals surface area (Å²) in [6.45, 7) is 9.07. The molecular formula is C12H25N5. The molecule has 98 valence electrons. The summed E-state index contributed by atoms with van der Waals surface area (Å²) in [6, 6.07) is 0. The van der Waals surface area contributed by atoms with Gasteiger partial charge in [0.15, 0.2) is 0 Å². The van der Waals surface area contributed by atoms with E-state index in [2.05, 4.69) is 36.0 Å². The minimum atomic E-state index is 0.0896. The fraction of sp³-hybridized carbons (Fsp3) is 0.833. The van der Waals surface area contributed by atoms with E-state index in [1.807, 2.05) is 13.2 Å². The normalized spacial score (nSPS) is 12.4. The Hall–Kier alpha value is -0.940. The molecule has 0 atom stereocenters. The van der Waals surface area contributed by atoms with Crippen LogP contribution in [0.3, 0.4) is 0 Å². The molecule has 1 heterocycles. The van der Waals surface area contributed by atoms with Crippen molar-refractivity contribution in [3.8, 4) is 0 Å². The van der Waals surface area contributed by atoms with Crippen LogP contribution in [0.1, 0.15) is 39.3 Å². The van der Waals surface area contributed by atoms with Crippen LogP contribution in [-0.2, 0) is 13.6 Å². The third-order valence-corrected chi connectivity index (χ3v) is 3.75. The summed E-state index contributed by atoms with van der Waals surface area (Å²) in [5.41, 5.74) is 7.08. The fourth-order valence-corrected chi connectivity index (χ4v) is 2.39. The summed E-state index contributed by atoms with van der Waals surface area (Å²) in [6.07, 6.45) is 4.09. The van der Waals surface area contributed by atoms with Crippen LogP contribution in [0.2, 0.25) is 0 Å². The summed E-state index contributed by atoms with van der Waals surface area (Å²) < 4.78 is 1.74. The molecule has 2 N–H and O–H groups in total. The Balaban J connectivity index is 2.82. The first kappa shape index (κ1) is 14.1. The van der Waals surface area contributed by atoms with Gasteiger partial charge in [0, 0.05) is 31.9 Å². The Kier molecular flexibility index (Phi) is 5.08. The van der Waals surface area contributed by atoms with Crippen molar-refractivity contribution in [3.63, 3.8) is 0 Å². The van der Waals surface area contributed by atoms with Crippen LogP contribution < -0.4 is 5.73 Å². The molecule has 0 aromatic carbocycles. The second kappa shape index (κ2) is 6.12. The van der Waals surface area contributed by atoms with E-state index in [-0.39, 0.29) is 5.54 Å². The van der Waals surface area contributed by atoms with Gasteiger partial charge in [0.05, 0.1) is 5.69 Å². The molecule has 0 aliphatic rings. The predicted octanol–water partition coefficient (Wildman–Crippen LogP) is 1.15. The molecule has 5 heteroatoms. The first-order chi connectivity index (χ1) is 8.11. The second-order valence-electron chi connectivity index (χ2n) is 4.53. The number of aromatic nitrogens is 3. The molecule has 0 unspecified atom stereocenters. The SMILES string of the molecule is CCN(Cc1cn(C)nn1)C(CC)(CC)CN.